The van der Waals surface area contributed by atoms with E-state index in [1.807, 2.05) is 32.1 Å². The summed E-state index contributed by atoms with van der Waals surface area (Å²) in [4.78, 5) is 11.7. The fraction of sp³-hybridized carbons (Fsp3) is 0.400. The van der Waals surface area contributed by atoms with Gasteiger partial charge in [-0.15, -0.1) is 0 Å². The minimum Gasteiger partial charge on any atom is -0.464 e. The summed E-state index contributed by atoms with van der Waals surface area (Å²) < 4.78 is 10.8. The van der Waals surface area contributed by atoms with E-state index in [1.54, 1.807) is 19.3 Å². The average Bonchev–Trinajstić information content (AvgIpc) is 2.87. The van der Waals surface area contributed by atoms with E-state index in [1.165, 1.54) is 6.08 Å². The number of hydrogen-bond donors (Lipinski definition) is 1. The Bertz CT molecular complexity index is 446. The van der Waals surface area contributed by atoms with Crippen LogP contribution in [0, 0.1) is 0 Å². The van der Waals surface area contributed by atoms with Crippen LogP contribution in [0.2, 0.25) is 0 Å². The Balaban J connectivity index is 2.69. The third-order valence-electron chi connectivity index (χ3n) is 2.58. The van der Waals surface area contributed by atoms with Gasteiger partial charge in [0.15, 0.2) is 0 Å². The Morgan fingerprint density at radius 1 is 1.47 bits per heavy atom. The summed E-state index contributed by atoms with van der Waals surface area (Å²) in [6.45, 7) is 4.29. The maximum Gasteiger partial charge on any atom is 0.244 e. The fourth-order valence-electron chi connectivity index (χ4n) is 1.61. The van der Waals surface area contributed by atoms with E-state index in [2.05, 4.69) is 5.32 Å². The van der Waals surface area contributed by atoms with Crippen LogP contribution in [-0.2, 0) is 16.0 Å². The summed E-state index contributed by atoms with van der Waals surface area (Å²) in [5, 5.41) is 2.85. The van der Waals surface area contributed by atoms with Crippen LogP contribution in [0.5, 0.6) is 0 Å². The van der Waals surface area contributed by atoms with Crippen LogP contribution in [0.1, 0.15) is 31.4 Å². The van der Waals surface area contributed by atoms with E-state index < -0.39 is 0 Å². The number of allylic oxidation sites excluding steroid dienone is 3. The maximum absolute atomic E-state index is 11.7. The van der Waals surface area contributed by atoms with Crippen molar-refractivity contribution >= 4 is 5.91 Å². The van der Waals surface area contributed by atoms with Crippen molar-refractivity contribution in [2.45, 2.75) is 26.3 Å². The van der Waals surface area contributed by atoms with E-state index in [0.717, 1.165) is 12.2 Å². The van der Waals surface area contributed by atoms with Gasteiger partial charge in [0, 0.05) is 19.6 Å². The molecule has 0 aromatic carbocycles. The van der Waals surface area contributed by atoms with Crippen molar-refractivity contribution in [1.82, 2.24) is 5.32 Å². The molecule has 1 aromatic heterocycles. The molecule has 1 aromatic rings. The van der Waals surface area contributed by atoms with Gasteiger partial charge in [0.25, 0.3) is 0 Å². The van der Waals surface area contributed by atoms with Crippen LogP contribution < -0.4 is 5.32 Å². The minimum absolute atomic E-state index is 0.172. The number of amides is 1. The summed E-state index contributed by atoms with van der Waals surface area (Å²) in [6, 6.07) is 3.52. The summed E-state index contributed by atoms with van der Waals surface area (Å²) >= 11 is 0. The molecule has 1 heterocycles. The molecule has 0 aliphatic heterocycles. The first-order valence-electron chi connectivity index (χ1n) is 6.38. The lowest BCUT2D eigenvalue weighted by atomic mass is 10.2. The number of methoxy groups -OCH3 is 1. The van der Waals surface area contributed by atoms with Crippen molar-refractivity contribution in [1.29, 1.82) is 0 Å². The Labute approximate surface area is 114 Å². The number of rotatable bonds is 7. The number of aryl methyl sites for hydroxylation is 1. The van der Waals surface area contributed by atoms with Crippen LogP contribution in [0.4, 0.5) is 0 Å². The van der Waals surface area contributed by atoms with Gasteiger partial charge in [-0.25, -0.2) is 0 Å². The smallest absolute Gasteiger partial charge is 0.244 e. The molecule has 1 N–H and O–H groups in total. The molecule has 0 saturated heterocycles. The monoisotopic (exact) mass is 263 g/mol. The topological polar surface area (TPSA) is 51.5 Å². The molecule has 0 spiro atoms. The van der Waals surface area contributed by atoms with E-state index in [0.29, 0.717) is 12.4 Å². The molecule has 1 unspecified atom stereocenters. The summed E-state index contributed by atoms with van der Waals surface area (Å²) in [7, 11) is 1.60. The number of furan rings is 1. The Kier molecular flexibility index (Phi) is 6.68. The number of nitrogens with one attached hydrogen (secondary N) is 1. The number of hydrogen-bond acceptors (Lipinski definition) is 3. The van der Waals surface area contributed by atoms with Gasteiger partial charge in [-0.3, -0.25) is 4.79 Å². The van der Waals surface area contributed by atoms with Crippen LogP contribution in [-0.4, -0.2) is 19.6 Å². The average molecular weight is 263 g/mol. The van der Waals surface area contributed by atoms with Crippen LogP contribution in [0.25, 0.3) is 0 Å². The van der Waals surface area contributed by atoms with E-state index >= 15 is 0 Å². The van der Waals surface area contributed by atoms with Crippen molar-refractivity contribution in [3.05, 3.63) is 48.0 Å². The number of carbonyl (C=O) groups excluding carboxylic acids is 1. The largest absolute Gasteiger partial charge is 0.464 e. The fourth-order valence-corrected chi connectivity index (χ4v) is 1.61. The highest BCUT2D eigenvalue weighted by molar-refractivity contribution is 5.88. The van der Waals surface area contributed by atoms with Crippen LogP contribution in [0.3, 0.4) is 0 Å². The van der Waals surface area contributed by atoms with Gasteiger partial charge in [-0.05, 0) is 19.1 Å². The first-order chi connectivity index (χ1) is 9.21. The lowest BCUT2D eigenvalue weighted by Crippen LogP contribution is -2.29. The SMILES string of the molecule is CC=CC=CC(=O)NC(COC)c1ccc(CC)o1. The second kappa shape index (κ2) is 8.32. The molecular formula is C15H21NO3. The standard InChI is InChI=1S/C15H21NO3/c1-4-6-7-8-15(17)16-13(11-18-3)14-10-9-12(5-2)19-14/h4,6-10,13H,5,11H2,1-3H3,(H,16,17). The van der Waals surface area contributed by atoms with E-state index in [9.17, 15) is 4.79 Å². The summed E-state index contributed by atoms with van der Waals surface area (Å²) in [6.07, 6.45) is 7.66. The molecule has 104 valence electrons. The Hall–Kier alpha value is -1.81. The Morgan fingerprint density at radius 2 is 2.26 bits per heavy atom. The molecule has 0 aliphatic carbocycles. The third-order valence-corrected chi connectivity index (χ3v) is 2.58. The normalized spacial score (nSPS) is 13.2. The van der Waals surface area contributed by atoms with E-state index in [-0.39, 0.29) is 11.9 Å². The van der Waals surface area contributed by atoms with Gasteiger partial charge in [0.2, 0.25) is 5.91 Å². The van der Waals surface area contributed by atoms with Crippen molar-refractivity contribution in [3.8, 4) is 0 Å². The van der Waals surface area contributed by atoms with Gasteiger partial charge in [0.05, 0.1) is 6.61 Å². The second-order valence-corrected chi connectivity index (χ2v) is 4.06. The molecule has 0 fully saturated rings. The highest BCUT2D eigenvalue weighted by Gasteiger charge is 2.16. The zero-order valence-electron chi connectivity index (χ0n) is 11.7. The molecule has 1 atom stereocenters. The summed E-state index contributed by atoms with van der Waals surface area (Å²) in [5.74, 6) is 1.44. The van der Waals surface area contributed by atoms with Crippen molar-refractivity contribution < 1.29 is 13.9 Å². The zero-order valence-corrected chi connectivity index (χ0v) is 11.7. The van der Waals surface area contributed by atoms with Gasteiger partial charge in [-0.1, -0.05) is 25.2 Å². The Morgan fingerprint density at radius 3 is 2.84 bits per heavy atom. The molecule has 1 rings (SSSR count). The molecule has 0 saturated carbocycles. The van der Waals surface area contributed by atoms with Crippen LogP contribution in [0.15, 0.2) is 40.9 Å². The van der Waals surface area contributed by atoms with Crippen LogP contribution >= 0.6 is 0 Å². The second-order valence-electron chi connectivity index (χ2n) is 4.06. The molecule has 1 amide bonds. The first kappa shape index (κ1) is 15.2. The third kappa shape index (κ3) is 5.14. The van der Waals surface area contributed by atoms with Gasteiger partial charge >= 0.3 is 0 Å². The van der Waals surface area contributed by atoms with Crippen molar-refractivity contribution in [2.24, 2.45) is 0 Å². The molecule has 0 aliphatic rings. The predicted molar refractivity (Wildman–Crippen MR) is 74.8 cm³/mol. The highest BCUT2D eigenvalue weighted by atomic mass is 16.5. The molecule has 19 heavy (non-hydrogen) atoms. The van der Waals surface area contributed by atoms with Gasteiger partial charge in [0.1, 0.15) is 17.6 Å². The number of carbonyl (C=O) groups is 1. The zero-order chi connectivity index (χ0) is 14.1. The molecule has 4 nitrogen and oxygen atoms in total. The lowest BCUT2D eigenvalue weighted by Gasteiger charge is -2.14. The highest BCUT2D eigenvalue weighted by Crippen LogP contribution is 2.17. The van der Waals surface area contributed by atoms with Gasteiger partial charge < -0.3 is 14.5 Å². The summed E-state index contributed by atoms with van der Waals surface area (Å²) in [5.41, 5.74) is 0. The maximum atomic E-state index is 11.7. The lowest BCUT2D eigenvalue weighted by molar-refractivity contribution is -0.117. The predicted octanol–water partition coefficient (Wildman–Crippen LogP) is 2.78. The number of ether oxygens (including phenoxy) is 1. The van der Waals surface area contributed by atoms with Crippen molar-refractivity contribution in [3.63, 3.8) is 0 Å². The van der Waals surface area contributed by atoms with Crippen molar-refractivity contribution in [2.75, 3.05) is 13.7 Å². The quantitative estimate of drug-likeness (QED) is 0.608. The minimum atomic E-state index is -0.270. The molecular weight excluding hydrogens is 242 g/mol. The van der Waals surface area contributed by atoms with E-state index in [4.69, 9.17) is 9.15 Å². The first-order valence-corrected chi connectivity index (χ1v) is 6.38. The van der Waals surface area contributed by atoms with Gasteiger partial charge in [-0.2, -0.15) is 0 Å². The molecule has 4 heteroatoms. The molecule has 0 radical (unpaired) electrons. The molecule has 0 bridgehead atoms.